The summed E-state index contributed by atoms with van der Waals surface area (Å²) in [7, 11) is 0. The second kappa shape index (κ2) is 8.09. The van der Waals surface area contributed by atoms with Crippen molar-refractivity contribution >= 4 is 22.6 Å². The number of aromatic nitrogens is 4. The fraction of sp³-hybridized carbons (Fsp3) is 0.417. The van der Waals surface area contributed by atoms with Crippen LogP contribution in [-0.4, -0.2) is 32.1 Å². The monoisotopic (exact) mass is 403 g/mol. The first-order chi connectivity index (χ1) is 14.7. The minimum atomic E-state index is -1.13. The second-order valence-electron chi connectivity index (χ2n) is 8.39. The number of hydrogen-bond donors (Lipinski definition) is 1. The van der Waals surface area contributed by atoms with E-state index >= 15 is 0 Å². The molecule has 1 fully saturated rings. The molecule has 5 nitrogen and oxygen atoms in total. The number of anilines is 1. The summed E-state index contributed by atoms with van der Waals surface area (Å²) in [5, 5.41) is 3.17. The summed E-state index contributed by atoms with van der Waals surface area (Å²) < 4.78 is 14.9. The van der Waals surface area contributed by atoms with E-state index in [1.807, 2.05) is 12.3 Å². The minimum absolute atomic E-state index is 0.290. The van der Waals surface area contributed by atoms with Gasteiger partial charge in [-0.15, -0.1) is 0 Å². The van der Waals surface area contributed by atoms with E-state index in [0.29, 0.717) is 18.8 Å². The number of alkyl halides is 1. The minimum Gasteiger partial charge on any atom is -0.351 e. The summed E-state index contributed by atoms with van der Waals surface area (Å²) >= 11 is 0. The SMILES string of the molecule is FC1(CNc2ncc3c(n2)CCCC=C3c2ccc3nccnc3c2)CCCCC1. The summed E-state index contributed by atoms with van der Waals surface area (Å²) in [4.78, 5) is 18.1. The van der Waals surface area contributed by atoms with Gasteiger partial charge in [-0.05, 0) is 55.4 Å². The average molecular weight is 404 g/mol. The molecule has 0 radical (unpaired) electrons. The molecule has 2 aliphatic rings. The zero-order valence-corrected chi connectivity index (χ0v) is 17.1. The van der Waals surface area contributed by atoms with Crippen LogP contribution in [0.25, 0.3) is 16.6 Å². The molecule has 2 aromatic heterocycles. The Bertz CT molecular complexity index is 1090. The highest BCUT2D eigenvalue weighted by Gasteiger charge is 2.31. The van der Waals surface area contributed by atoms with Crippen LogP contribution in [0.5, 0.6) is 0 Å². The molecule has 0 spiro atoms. The van der Waals surface area contributed by atoms with Crippen LogP contribution in [0.3, 0.4) is 0 Å². The van der Waals surface area contributed by atoms with Crippen molar-refractivity contribution in [2.45, 2.75) is 57.0 Å². The van der Waals surface area contributed by atoms with Crippen LogP contribution in [-0.2, 0) is 6.42 Å². The smallest absolute Gasteiger partial charge is 0.222 e. The molecule has 0 amide bonds. The van der Waals surface area contributed by atoms with Crippen LogP contribution in [0.15, 0.2) is 42.9 Å². The van der Waals surface area contributed by atoms with Crippen LogP contribution in [0.2, 0.25) is 0 Å². The molecule has 0 bridgehead atoms. The number of nitrogens with one attached hydrogen (secondary N) is 1. The van der Waals surface area contributed by atoms with Crippen molar-refractivity contribution in [3.63, 3.8) is 0 Å². The Morgan fingerprint density at radius 2 is 1.80 bits per heavy atom. The van der Waals surface area contributed by atoms with Gasteiger partial charge in [0.15, 0.2) is 0 Å². The lowest BCUT2D eigenvalue weighted by Gasteiger charge is -2.29. The van der Waals surface area contributed by atoms with Crippen LogP contribution >= 0.6 is 0 Å². The third kappa shape index (κ3) is 3.91. The maximum Gasteiger partial charge on any atom is 0.222 e. The maximum atomic E-state index is 14.9. The molecule has 2 heterocycles. The third-order valence-electron chi connectivity index (χ3n) is 6.22. The molecule has 1 N–H and O–H groups in total. The van der Waals surface area contributed by atoms with E-state index in [0.717, 1.165) is 72.0 Å². The van der Waals surface area contributed by atoms with Crippen molar-refractivity contribution in [2.75, 3.05) is 11.9 Å². The van der Waals surface area contributed by atoms with Gasteiger partial charge in [-0.25, -0.2) is 14.4 Å². The van der Waals surface area contributed by atoms with Crippen molar-refractivity contribution in [3.8, 4) is 0 Å². The fourth-order valence-corrected chi connectivity index (χ4v) is 4.55. The van der Waals surface area contributed by atoms with Crippen molar-refractivity contribution in [2.24, 2.45) is 0 Å². The van der Waals surface area contributed by atoms with Crippen molar-refractivity contribution in [3.05, 3.63) is 59.7 Å². The first-order valence-corrected chi connectivity index (χ1v) is 10.9. The quantitative estimate of drug-likeness (QED) is 0.643. The summed E-state index contributed by atoms with van der Waals surface area (Å²) in [6.45, 7) is 0.290. The van der Waals surface area contributed by atoms with Crippen LogP contribution in [0, 0.1) is 0 Å². The maximum absolute atomic E-state index is 14.9. The summed E-state index contributed by atoms with van der Waals surface area (Å²) in [5.74, 6) is 0.530. The van der Waals surface area contributed by atoms with Gasteiger partial charge in [0.05, 0.1) is 23.3 Å². The Kier molecular flexibility index (Phi) is 5.15. The predicted molar refractivity (Wildman–Crippen MR) is 117 cm³/mol. The van der Waals surface area contributed by atoms with Crippen LogP contribution < -0.4 is 5.32 Å². The van der Waals surface area contributed by atoms with E-state index in [1.54, 1.807) is 12.4 Å². The molecule has 154 valence electrons. The first kappa shape index (κ1) is 19.1. The summed E-state index contributed by atoms with van der Waals surface area (Å²) in [5.41, 5.74) is 4.93. The molecule has 1 aromatic carbocycles. The van der Waals surface area contributed by atoms with E-state index in [9.17, 15) is 4.39 Å². The molecule has 0 aliphatic heterocycles. The van der Waals surface area contributed by atoms with E-state index in [2.05, 4.69) is 38.5 Å². The number of aryl methyl sites for hydroxylation is 1. The standard InChI is InChI=1S/C24H26FN5/c25-24(10-4-1-5-11-24)16-29-23-28-15-19-18(6-2-3-7-20(19)30-23)17-8-9-21-22(14-17)27-13-12-26-21/h6,8-9,12-15H,1-5,7,10-11,16H2,(H,28,29,30). The summed E-state index contributed by atoms with van der Waals surface area (Å²) in [6, 6.07) is 6.16. The van der Waals surface area contributed by atoms with Gasteiger partial charge < -0.3 is 5.32 Å². The molecule has 2 aliphatic carbocycles. The molecular weight excluding hydrogens is 377 g/mol. The first-order valence-electron chi connectivity index (χ1n) is 10.9. The molecule has 0 atom stereocenters. The number of hydrogen-bond acceptors (Lipinski definition) is 5. The van der Waals surface area contributed by atoms with Gasteiger partial charge in [-0.1, -0.05) is 31.4 Å². The zero-order chi connectivity index (χ0) is 20.4. The molecule has 30 heavy (non-hydrogen) atoms. The van der Waals surface area contributed by atoms with E-state index < -0.39 is 5.67 Å². The Balaban J connectivity index is 1.41. The summed E-state index contributed by atoms with van der Waals surface area (Å²) in [6.07, 6.45) is 14.8. The lowest BCUT2D eigenvalue weighted by molar-refractivity contribution is 0.122. The fourth-order valence-electron chi connectivity index (χ4n) is 4.55. The van der Waals surface area contributed by atoms with Gasteiger partial charge in [0.1, 0.15) is 5.67 Å². The van der Waals surface area contributed by atoms with Gasteiger partial charge in [-0.2, -0.15) is 0 Å². The largest absolute Gasteiger partial charge is 0.351 e. The molecule has 1 saturated carbocycles. The van der Waals surface area contributed by atoms with Gasteiger partial charge in [0, 0.05) is 24.2 Å². The molecular formula is C24H26FN5. The Hall–Kier alpha value is -2.89. The molecule has 5 rings (SSSR count). The van der Waals surface area contributed by atoms with Gasteiger partial charge >= 0.3 is 0 Å². The Morgan fingerprint density at radius 1 is 0.967 bits per heavy atom. The molecule has 3 aromatic rings. The van der Waals surface area contributed by atoms with Gasteiger partial charge in [-0.3, -0.25) is 9.97 Å². The highest BCUT2D eigenvalue weighted by Crippen LogP contribution is 2.33. The molecule has 0 unspecified atom stereocenters. The van der Waals surface area contributed by atoms with E-state index in [4.69, 9.17) is 4.98 Å². The van der Waals surface area contributed by atoms with Crippen molar-refractivity contribution < 1.29 is 4.39 Å². The number of benzene rings is 1. The van der Waals surface area contributed by atoms with E-state index in [-0.39, 0.29) is 6.54 Å². The number of allylic oxidation sites excluding steroid dienone is 1. The topological polar surface area (TPSA) is 63.6 Å². The van der Waals surface area contributed by atoms with E-state index in [1.165, 1.54) is 0 Å². The van der Waals surface area contributed by atoms with Gasteiger partial charge in [0.2, 0.25) is 5.95 Å². The molecule has 0 saturated heterocycles. The second-order valence-corrected chi connectivity index (χ2v) is 8.39. The lowest BCUT2D eigenvalue weighted by Crippen LogP contribution is -2.34. The number of rotatable bonds is 4. The number of nitrogens with zero attached hydrogens (tertiary/aromatic N) is 4. The van der Waals surface area contributed by atoms with Crippen molar-refractivity contribution in [1.29, 1.82) is 0 Å². The number of halogens is 1. The Morgan fingerprint density at radius 3 is 2.67 bits per heavy atom. The number of fused-ring (bicyclic) bond motifs is 2. The Labute approximate surface area is 175 Å². The van der Waals surface area contributed by atoms with Crippen LogP contribution in [0.1, 0.15) is 61.8 Å². The normalized spacial score (nSPS) is 18.4. The highest BCUT2D eigenvalue weighted by atomic mass is 19.1. The average Bonchev–Trinajstić information content (AvgIpc) is 3.00. The van der Waals surface area contributed by atoms with Crippen LogP contribution in [0.4, 0.5) is 10.3 Å². The third-order valence-corrected chi connectivity index (χ3v) is 6.22. The zero-order valence-electron chi connectivity index (χ0n) is 17.1. The predicted octanol–water partition coefficient (Wildman–Crippen LogP) is 5.27. The highest BCUT2D eigenvalue weighted by molar-refractivity contribution is 5.86. The van der Waals surface area contributed by atoms with Crippen molar-refractivity contribution in [1.82, 2.24) is 19.9 Å². The lowest BCUT2D eigenvalue weighted by atomic mass is 9.86. The molecule has 6 heteroatoms. The van der Waals surface area contributed by atoms with Gasteiger partial charge in [0.25, 0.3) is 0 Å².